The summed E-state index contributed by atoms with van der Waals surface area (Å²) in [5.41, 5.74) is 0. The predicted octanol–water partition coefficient (Wildman–Crippen LogP) is -0.631. The van der Waals surface area contributed by atoms with Gasteiger partial charge in [-0.1, -0.05) is 0 Å². The van der Waals surface area contributed by atoms with Gasteiger partial charge < -0.3 is 15.4 Å². The molecule has 2 amide bonds. The molecule has 3 rings (SSSR count). The van der Waals surface area contributed by atoms with E-state index < -0.39 is 6.04 Å². The highest BCUT2D eigenvalue weighted by atomic mass is 16.5. The van der Waals surface area contributed by atoms with Crippen LogP contribution in [0.4, 0.5) is 0 Å². The lowest BCUT2D eigenvalue weighted by Crippen LogP contribution is -2.51. The van der Waals surface area contributed by atoms with Gasteiger partial charge in [-0.15, -0.1) is 0 Å². The van der Waals surface area contributed by atoms with Crippen molar-refractivity contribution < 1.29 is 14.3 Å². The Bertz CT molecular complexity index is 548. The van der Waals surface area contributed by atoms with E-state index in [1.165, 1.54) is 0 Å². The number of carbonyl (C=O) groups is 2. The molecular formula is C16H25N5O3. The Morgan fingerprint density at radius 1 is 1.46 bits per heavy atom. The van der Waals surface area contributed by atoms with Crippen LogP contribution in [0.15, 0.2) is 18.5 Å². The first-order chi connectivity index (χ1) is 11.7. The molecule has 2 saturated heterocycles. The number of nitrogens with one attached hydrogen (secondary N) is 2. The van der Waals surface area contributed by atoms with Gasteiger partial charge >= 0.3 is 0 Å². The molecule has 2 atom stereocenters. The molecule has 8 nitrogen and oxygen atoms in total. The van der Waals surface area contributed by atoms with Crippen LogP contribution in [-0.4, -0.2) is 71.4 Å². The van der Waals surface area contributed by atoms with E-state index >= 15 is 0 Å². The van der Waals surface area contributed by atoms with Crippen molar-refractivity contribution in [2.75, 3.05) is 32.8 Å². The monoisotopic (exact) mass is 335 g/mol. The minimum atomic E-state index is -0.402. The molecule has 0 saturated carbocycles. The Balaban J connectivity index is 1.45. The van der Waals surface area contributed by atoms with Crippen LogP contribution in [-0.2, 0) is 20.9 Å². The van der Waals surface area contributed by atoms with Crippen LogP contribution in [0.5, 0.6) is 0 Å². The van der Waals surface area contributed by atoms with Gasteiger partial charge in [-0.2, -0.15) is 5.10 Å². The highest BCUT2D eigenvalue weighted by molar-refractivity contribution is 5.88. The number of ether oxygens (including phenoxy) is 1. The van der Waals surface area contributed by atoms with Gasteiger partial charge in [0.1, 0.15) is 6.04 Å². The quantitative estimate of drug-likeness (QED) is 0.748. The van der Waals surface area contributed by atoms with Gasteiger partial charge in [0.15, 0.2) is 0 Å². The second-order valence-electron chi connectivity index (χ2n) is 6.36. The Morgan fingerprint density at radius 2 is 2.38 bits per heavy atom. The minimum Gasteiger partial charge on any atom is -0.374 e. The van der Waals surface area contributed by atoms with Crippen molar-refractivity contribution in [2.24, 2.45) is 0 Å². The van der Waals surface area contributed by atoms with Crippen molar-refractivity contribution in [1.29, 1.82) is 0 Å². The van der Waals surface area contributed by atoms with E-state index in [-0.39, 0.29) is 17.9 Å². The van der Waals surface area contributed by atoms with Crippen LogP contribution in [0.25, 0.3) is 0 Å². The topological polar surface area (TPSA) is 88.5 Å². The number of hydrogen-bond acceptors (Lipinski definition) is 5. The summed E-state index contributed by atoms with van der Waals surface area (Å²) in [6.45, 7) is 3.68. The van der Waals surface area contributed by atoms with E-state index in [2.05, 4.69) is 20.6 Å². The lowest BCUT2D eigenvalue weighted by Gasteiger charge is -2.32. The van der Waals surface area contributed by atoms with Crippen LogP contribution >= 0.6 is 0 Å². The maximum atomic E-state index is 12.3. The van der Waals surface area contributed by atoms with E-state index in [4.69, 9.17) is 4.74 Å². The van der Waals surface area contributed by atoms with Gasteiger partial charge in [0.05, 0.1) is 25.8 Å². The lowest BCUT2D eigenvalue weighted by molar-refractivity contribution is -0.130. The molecule has 2 aliphatic rings. The fourth-order valence-corrected chi connectivity index (χ4v) is 3.17. The van der Waals surface area contributed by atoms with Crippen molar-refractivity contribution >= 4 is 11.8 Å². The summed E-state index contributed by atoms with van der Waals surface area (Å²) in [5.74, 6) is -0.170. The van der Waals surface area contributed by atoms with Crippen LogP contribution in [0.3, 0.4) is 0 Å². The molecular weight excluding hydrogens is 310 g/mol. The van der Waals surface area contributed by atoms with Crippen molar-refractivity contribution in [3.05, 3.63) is 18.5 Å². The Morgan fingerprint density at radius 3 is 3.21 bits per heavy atom. The first-order valence-electron chi connectivity index (χ1n) is 8.59. The number of nitrogens with zero attached hydrogens (tertiary/aromatic N) is 3. The van der Waals surface area contributed by atoms with E-state index in [0.717, 1.165) is 19.4 Å². The molecule has 2 aliphatic heterocycles. The van der Waals surface area contributed by atoms with E-state index in [9.17, 15) is 9.59 Å². The predicted molar refractivity (Wildman–Crippen MR) is 87.2 cm³/mol. The number of amides is 2. The summed E-state index contributed by atoms with van der Waals surface area (Å²) in [6, 6.07) is 1.48. The summed E-state index contributed by atoms with van der Waals surface area (Å²) < 4.78 is 7.59. The van der Waals surface area contributed by atoms with Crippen molar-refractivity contribution in [2.45, 2.75) is 38.0 Å². The molecule has 0 aliphatic carbocycles. The van der Waals surface area contributed by atoms with Crippen molar-refractivity contribution in [1.82, 2.24) is 25.3 Å². The number of carbonyl (C=O) groups excluding carboxylic acids is 2. The second kappa shape index (κ2) is 8.25. The Labute approximate surface area is 141 Å². The van der Waals surface area contributed by atoms with Crippen molar-refractivity contribution in [3.63, 3.8) is 0 Å². The van der Waals surface area contributed by atoms with Gasteiger partial charge in [0.25, 0.3) is 0 Å². The third kappa shape index (κ3) is 4.78. The molecule has 0 aromatic carbocycles. The van der Waals surface area contributed by atoms with E-state index in [1.54, 1.807) is 6.20 Å². The molecule has 0 spiro atoms. The normalized spacial score (nSPS) is 25.8. The second-order valence-corrected chi connectivity index (χ2v) is 6.36. The standard InChI is InChI=1S/C16H25N5O3/c22-15(19-14-4-1-2-5-17-16(14)23)12-20-8-9-24-13(10-20)11-21-7-3-6-18-21/h3,6-7,13-14H,1-2,4-5,8-12H2,(H,17,23)(H,19,22)/t13-,14-/m0/s1. The van der Waals surface area contributed by atoms with Crippen LogP contribution < -0.4 is 10.6 Å². The smallest absolute Gasteiger partial charge is 0.242 e. The summed E-state index contributed by atoms with van der Waals surface area (Å²) in [5, 5.41) is 9.89. The largest absolute Gasteiger partial charge is 0.374 e. The molecule has 132 valence electrons. The van der Waals surface area contributed by atoms with Gasteiger partial charge in [0.2, 0.25) is 11.8 Å². The van der Waals surface area contributed by atoms with E-state index in [1.807, 2.05) is 16.9 Å². The lowest BCUT2D eigenvalue weighted by atomic mass is 10.1. The number of rotatable bonds is 5. The molecule has 0 unspecified atom stereocenters. The molecule has 24 heavy (non-hydrogen) atoms. The molecule has 8 heteroatoms. The third-order valence-electron chi connectivity index (χ3n) is 4.41. The van der Waals surface area contributed by atoms with E-state index in [0.29, 0.717) is 39.2 Å². The maximum absolute atomic E-state index is 12.3. The summed E-state index contributed by atoms with van der Waals surface area (Å²) in [7, 11) is 0. The first-order valence-corrected chi connectivity index (χ1v) is 8.59. The highest BCUT2D eigenvalue weighted by Crippen LogP contribution is 2.08. The zero-order valence-corrected chi connectivity index (χ0v) is 13.8. The van der Waals surface area contributed by atoms with Crippen molar-refractivity contribution in [3.8, 4) is 0 Å². The van der Waals surface area contributed by atoms with Gasteiger partial charge in [-0.05, 0) is 25.3 Å². The average Bonchev–Trinajstić information content (AvgIpc) is 2.98. The fraction of sp³-hybridized carbons (Fsp3) is 0.688. The van der Waals surface area contributed by atoms with Crippen LogP contribution in [0, 0.1) is 0 Å². The zero-order valence-electron chi connectivity index (χ0n) is 13.8. The Kier molecular flexibility index (Phi) is 5.81. The SMILES string of the molecule is O=C(CN1CCO[C@H](Cn2cccn2)C1)N[C@H]1CCCCNC1=O. The van der Waals surface area contributed by atoms with Gasteiger partial charge in [0, 0.05) is 32.0 Å². The van der Waals surface area contributed by atoms with Crippen LogP contribution in [0.1, 0.15) is 19.3 Å². The van der Waals surface area contributed by atoms with Gasteiger partial charge in [-0.25, -0.2) is 0 Å². The zero-order chi connectivity index (χ0) is 16.8. The number of aromatic nitrogens is 2. The van der Waals surface area contributed by atoms with Crippen LogP contribution in [0.2, 0.25) is 0 Å². The molecule has 2 N–H and O–H groups in total. The maximum Gasteiger partial charge on any atom is 0.242 e. The third-order valence-corrected chi connectivity index (χ3v) is 4.41. The molecule has 0 bridgehead atoms. The Hall–Kier alpha value is -1.93. The average molecular weight is 335 g/mol. The molecule has 2 fully saturated rings. The molecule has 0 radical (unpaired) electrons. The number of hydrogen-bond donors (Lipinski definition) is 2. The summed E-state index contributed by atoms with van der Waals surface area (Å²) in [6.07, 6.45) is 6.30. The first kappa shape index (κ1) is 16.9. The molecule has 1 aromatic heterocycles. The number of morpholine rings is 1. The molecule has 1 aromatic rings. The van der Waals surface area contributed by atoms with Gasteiger partial charge in [-0.3, -0.25) is 19.2 Å². The summed E-state index contributed by atoms with van der Waals surface area (Å²) in [4.78, 5) is 26.2. The fourth-order valence-electron chi connectivity index (χ4n) is 3.17. The highest BCUT2D eigenvalue weighted by Gasteiger charge is 2.26. The molecule has 3 heterocycles. The summed E-state index contributed by atoms with van der Waals surface area (Å²) >= 11 is 0. The minimum absolute atomic E-state index is 0.0210.